The van der Waals surface area contributed by atoms with E-state index >= 15 is 0 Å². The maximum Gasteiger partial charge on any atom is 0.169 e. The third kappa shape index (κ3) is 0.962. The highest BCUT2D eigenvalue weighted by Crippen LogP contribution is 2.10. The highest BCUT2D eigenvalue weighted by molar-refractivity contribution is 5.42. The molecule has 1 aliphatic rings. The van der Waals surface area contributed by atoms with Crippen LogP contribution in [-0.4, -0.2) is 0 Å². The van der Waals surface area contributed by atoms with Crippen LogP contribution in [0.3, 0.4) is 0 Å². The Bertz CT molecular complexity index is 238. The molecule has 1 aliphatic carbocycles. The van der Waals surface area contributed by atoms with Crippen molar-refractivity contribution in [2.45, 2.75) is 0 Å². The second-order valence-electron chi connectivity index (χ2n) is 1.53. The van der Waals surface area contributed by atoms with E-state index in [0.717, 1.165) is 0 Å². The predicted octanol–water partition coefficient (Wildman–Crippen LogP) is 0.0536. The Morgan fingerprint density at radius 3 is 3.00 bits per heavy atom. The first-order chi connectivity index (χ1) is 4.34. The molecule has 42 valence electrons. The Hall–Kier alpha value is -1.58. The van der Waals surface area contributed by atoms with Gasteiger partial charge in [-0.15, -0.1) is 0 Å². The van der Waals surface area contributed by atoms with Crippen molar-refractivity contribution in [1.29, 1.82) is 5.26 Å². The molecule has 0 radical (unpaired) electrons. The number of rotatable bonds is 0. The van der Waals surface area contributed by atoms with Crippen molar-refractivity contribution in [3.05, 3.63) is 35.6 Å². The molecule has 2 nitrogen and oxygen atoms in total. The van der Waals surface area contributed by atoms with Crippen LogP contribution in [0.25, 0.3) is 0 Å². The van der Waals surface area contributed by atoms with Crippen LogP contribution >= 0.6 is 0 Å². The summed E-state index contributed by atoms with van der Waals surface area (Å²) in [5, 5.41) is 18.9. The van der Waals surface area contributed by atoms with Gasteiger partial charge in [0, 0.05) is 17.6 Å². The fourth-order valence-corrected chi connectivity index (χ4v) is 0.504. The summed E-state index contributed by atoms with van der Waals surface area (Å²) in [6, 6.07) is 1.75. The van der Waals surface area contributed by atoms with E-state index in [1.54, 1.807) is 6.07 Å². The first-order valence-corrected chi connectivity index (χ1v) is 2.42. The topological polar surface area (TPSA) is 46.8 Å². The molecule has 0 fully saturated rings. The largest absolute Gasteiger partial charge is 0.851 e. The molecule has 0 aromatic carbocycles. The van der Waals surface area contributed by atoms with Crippen LogP contribution < -0.4 is 5.11 Å². The molecule has 0 aromatic rings. The SMILES string of the molecule is N#C[C+]1C=C=CC=C1[O-]. The van der Waals surface area contributed by atoms with E-state index in [0.29, 0.717) is 0 Å². The quantitative estimate of drug-likeness (QED) is 0.332. The van der Waals surface area contributed by atoms with Crippen LogP contribution in [0, 0.1) is 17.2 Å². The summed E-state index contributed by atoms with van der Waals surface area (Å²) in [6.07, 6.45) is 4.18. The van der Waals surface area contributed by atoms with E-state index < -0.39 is 0 Å². The van der Waals surface area contributed by atoms with Gasteiger partial charge in [-0.3, -0.25) is 0 Å². The molecular formula is C7H3NO. The molecule has 0 unspecified atom stereocenters. The van der Waals surface area contributed by atoms with Gasteiger partial charge >= 0.3 is 0 Å². The number of nitriles is 1. The normalized spacial score (nSPS) is 15.0. The van der Waals surface area contributed by atoms with Crippen LogP contribution in [0.2, 0.25) is 0 Å². The summed E-state index contributed by atoms with van der Waals surface area (Å²) in [4.78, 5) is 0. The summed E-state index contributed by atoms with van der Waals surface area (Å²) in [5.41, 5.74) is 2.63. The minimum Gasteiger partial charge on any atom is -0.851 e. The molecule has 0 saturated heterocycles. The van der Waals surface area contributed by atoms with Gasteiger partial charge in [0.25, 0.3) is 0 Å². The zero-order valence-corrected chi connectivity index (χ0v) is 4.59. The third-order valence-electron chi connectivity index (χ3n) is 0.945. The monoisotopic (exact) mass is 117 g/mol. The summed E-state index contributed by atoms with van der Waals surface area (Å²) in [5.74, 6) is -0.0891. The Morgan fingerprint density at radius 1 is 1.78 bits per heavy atom. The van der Waals surface area contributed by atoms with E-state index in [-0.39, 0.29) is 11.7 Å². The molecule has 2 heteroatoms. The fraction of sp³-hybridized carbons (Fsp3) is 0. The Morgan fingerprint density at radius 2 is 2.56 bits per heavy atom. The molecule has 1 rings (SSSR count). The molecular weight excluding hydrogens is 114 g/mol. The lowest BCUT2D eigenvalue weighted by molar-refractivity contribution is -0.299. The van der Waals surface area contributed by atoms with Crippen molar-refractivity contribution in [3.63, 3.8) is 0 Å². The van der Waals surface area contributed by atoms with Crippen molar-refractivity contribution < 1.29 is 5.11 Å². The fourth-order valence-electron chi connectivity index (χ4n) is 0.504. The van der Waals surface area contributed by atoms with E-state index in [4.69, 9.17) is 5.26 Å². The lowest BCUT2D eigenvalue weighted by Gasteiger charge is -2.04. The molecule has 0 aliphatic heterocycles. The maximum atomic E-state index is 10.6. The summed E-state index contributed by atoms with van der Waals surface area (Å²) >= 11 is 0. The van der Waals surface area contributed by atoms with Gasteiger partial charge in [0.05, 0.1) is 0 Å². The number of allylic oxidation sites excluding steroid dienone is 2. The van der Waals surface area contributed by atoms with Gasteiger partial charge in [0.15, 0.2) is 12.0 Å². The van der Waals surface area contributed by atoms with Crippen LogP contribution in [0.5, 0.6) is 0 Å². The van der Waals surface area contributed by atoms with Gasteiger partial charge in [0.2, 0.25) is 0 Å². The first kappa shape index (κ1) is 5.55. The van der Waals surface area contributed by atoms with Gasteiger partial charge in [-0.1, -0.05) is 0 Å². The van der Waals surface area contributed by atoms with E-state index in [9.17, 15) is 5.11 Å². The average Bonchev–Trinajstić information content (AvgIpc) is 1.89. The number of hydrogen-bond acceptors (Lipinski definition) is 2. The van der Waals surface area contributed by atoms with Crippen LogP contribution in [-0.2, 0) is 0 Å². The first-order valence-electron chi connectivity index (χ1n) is 2.42. The van der Waals surface area contributed by atoms with Crippen molar-refractivity contribution in [3.8, 4) is 6.07 Å². The minimum atomic E-state index is -0.240. The smallest absolute Gasteiger partial charge is 0.169 e. The standard InChI is InChI=1S/C7H3NO/c8-5-6-3-1-2-4-7(6)9/h2-4H. The Balaban J connectivity index is 2.92. The van der Waals surface area contributed by atoms with Crippen LogP contribution in [0.4, 0.5) is 0 Å². The van der Waals surface area contributed by atoms with E-state index in [1.165, 1.54) is 18.2 Å². The zero-order chi connectivity index (χ0) is 6.69. The average molecular weight is 117 g/mol. The lowest BCUT2D eigenvalue weighted by Crippen LogP contribution is -2.10. The molecule has 0 atom stereocenters. The van der Waals surface area contributed by atoms with Crippen LogP contribution in [0.15, 0.2) is 29.7 Å². The third-order valence-corrected chi connectivity index (χ3v) is 0.945. The molecule has 0 bridgehead atoms. The predicted molar refractivity (Wildman–Crippen MR) is 29.6 cm³/mol. The summed E-state index contributed by atoms with van der Waals surface area (Å²) in [6.45, 7) is 0. The van der Waals surface area contributed by atoms with Crippen molar-refractivity contribution in [2.75, 3.05) is 0 Å². The number of hydrogen-bond donors (Lipinski definition) is 0. The Labute approximate surface area is 53.0 Å². The molecule has 0 aromatic heterocycles. The van der Waals surface area contributed by atoms with Gasteiger partial charge in [-0.25, -0.2) is 0 Å². The van der Waals surface area contributed by atoms with Crippen molar-refractivity contribution in [1.82, 2.24) is 0 Å². The van der Waals surface area contributed by atoms with Gasteiger partial charge in [0.1, 0.15) is 12.2 Å². The second kappa shape index (κ2) is 2.13. The lowest BCUT2D eigenvalue weighted by atomic mass is 10.1. The van der Waals surface area contributed by atoms with Gasteiger partial charge < -0.3 is 5.11 Å². The molecule has 0 spiro atoms. The van der Waals surface area contributed by atoms with Gasteiger partial charge in [-0.2, -0.15) is 5.26 Å². The minimum absolute atomic E-state index is 0.150. The highest BCUT2D eigenvalue weighted by Gasteiger charge is 2.10. The zero-order valence-electron chi connectivity index (χ0n) is 4.59. The van der Waals surface area contributed by atoms with Crippen molar-refractivity contribution >= 4 is 0 Å². The maximum absolute atomic E-state index is 10.6. The molecule has 0 N–H and O–H groups in total. The molecule has 0 amide bonds. The van der Waals surface area contributed by atoms with Gasteiger partial charge in [-0.05, 0) is 0 Å². The number of nitrogens with zero attached hydrogens (tertiary/aromatic N) is 1. The Kier molecular flexibility index (Phi) is 1.31. The summed E-state index contributed by atoms with van der Waals surface area (Å²) in [7, 11) is 0. The van der Waals surface area contributed by atoms with Crippen molar-refractivity contribution in [2.24, 2.45) is 0 Å². The molecule has 0 saturated carbocycles. The van der Waals surface area contributed by atoms with E-state index in [1.807, 2.05) is 0 Å². The summed E-state index contributed by atoms with van der Waals surface area (Å²) < 4.78 is 0. The second-order valence-corrected chi connectivity index (χ2v) is 1.53. The van der Waals surface area contributed by atoms with Crippen LogP contribution in [0.1, 0.15) is 0 Å². The molecule has 9 heavy (non-hydrogen) atoms. The molecule has 0 heterocycles. The van der Waals surface area contributed by atoms with E-state index in [2.05, 4.69) is 5.73 Å². The highest BCUT2D eigenvalue weighted by atomic mass is 16.3.